The SMILES string of the molecule is Nc1nccc(-c2ccc3nc(C4COc5ccc(C=O)cc5C4)[nH]c3c2)n1. The molecule has 3 N–H and O–H groups in total. The number of nitrogens with two attached hydrogens (primary N) is 1. The van der Waals surface area contributed by atoms with Crippen molar-refractivity contribution in [3.8, 4) is 17.0 Å². The number of ether oxygens (including phenoxy) is 1. The van der Waals surface area contributed by atoms with Gasteiger partial charge in [0.2, 0.25) is 5.95 Å². The Hall–Kier alpha value is -3.74. The van der Waals surface area contributed by atoms with Crippen LogP contribution in [0.5, 0.6) is 5.75 Å². The third-order valence-corrected chi connectivity index (χ3v) is 4.98. The lowest BCUT2D eigenvalue weighted by Gasteiger charge is -2.24. The van der Waals surface area contributed by atoms with E-state index in [9.17, 15) is 4.79 Å². The molecule has 2 aromatic carbocycles. The summed E-state index contributed by atoms with van der Waals surface area (Å²) in [6, 6.07) is 13.3. The number of H-pyrrole nitrogens is 1. The minimum atomic E-state index is 0.0972. The van der Waals surface area contributed by atoms with Gasteiger partial charge < -0.3 is 15.5 Å². The van der Waals surface area contributed by atoms with E-state index in [2.05, 4.69) is 15.0 Å². The lowest BCUT2D eigenvalue weighted by atomic mass is 9.95. The first-order valence-corrected chi connectivity index (χ1v) is 8.99. The molecule has 0 saturated carbocycles. The van der Waals surface area contributed by atoms with Gasteiger partial charge in [-0.05, 0) is 48.4 Å². The van der Waals surface area contributed by atoms with Crippen LogP contribution in [0.4, 0.5) is 5.95 Å². The van der Waals surface area contributed by atoms with Crippen LogP contribution in [0.2, 0.25) is 0 Å². The van der Waals surface area contributed by atoms with Gasteiger partial charge in [-0.3, -0.25) is 4.79 Å². The van der Waals surface area contributed by atoms with Crippen molar-refractivity contribution in [1.29, 1.82) is 0 Å². The first-order chi connectivity index (χ1) is 13.7. The van der Waals surface area contributed by atoms with Gasteiger partial charge in [0.25, 0.3) is 0 Å². The van der Waals surface area contributed by atoms with Gasteiger partial charge in [0.15, 0.2) is 0 Å². The van der Waals surface area contributed by atoms with Crippen molar-refractivity contribution in [2.45, 2.75) is 12.3 Å². The predicted octanol–water partition coefficient (Wildman–Crippen LogP) is 3.13. The minimum absolute atomic E-state index is 0.0972. The normalized spacial score (nSPS) is 15.8. The van der Waals surface area contributed by atoms with Crippen LogP contribution in [0.3, 0.4) is 0 Å². The molecule has 1 unspecified atom stereocenters. The Bertz CT molecular complexity index is 1200. The highest BCUT2D eigenvalue weighted by Gasteiger charge is 2.24. The van der Waals surface area contributed by atoms with Gasteiger partial charge in [-0.2, -0.15) is 0 Å². The van der Waals surface area contributed by atoms with Crippen LogP contribution in [0.15, 0.2) is 48.7 Å². The van der Waals surface area contributed by atoms with Crippen LogP contribution in [0.25, 0.3) is 22.3 Å². The highest BCUT2D eigenvalue weighted by Crippen LogP contribution is 2.33. The van der Waals surface area contributed by atoms with E-state index in [1.54, 1.807) is 12.3 Å². The van der Waals surface area contributed by atoms with Crippen molar-refractivity contribution >= 4 is 23.3 Å². The number of hydrogen-bond acceptors (Lipinski definition) is 6. The molecule has 5 rings (SSSR count). The van der Waals surface area contributed by atoms with Gasteiger partial charge in [0, 0.05) is 17.3 Å². The van der Waals surface area contributed by atoms with E-state index in [0.29, 0.717) is 12.2 Å². The zero-order chi connectivity index (χ0) is 19.1. The number of nitrogens with zero attached hydrogens (tertiary/aromatic N) is 3. The second kappa shape index (κ2) is 6.45. The fraction of sp³-hybridized carbons (Fsp3) is 0.143. The predicted molar refractivity (Wildman–Crippen MR) is 105 cm³/mol. The number of hydrogen-bond donors (Lipinski definition) is 2. The van der Waals surface area contributed by atoms with Crippen molar-refractivity contribution in [2.24, 2.45) is 0 Å². The number of imidazole rings is 1. The second-order valence-electron chi connectivity index (χ2n) is 6.85. The van der Waals surface area contributed by atoms with E-state index >= 15 is 0 Å². The van der Waals surface area contributed by atoms with Crippen LogP contribution >= 0.6 is 0 Å². The highest BCUT2D eigenvalue weighted by molar-refractivity contribution is 5.81. The number of rotatable bonds is 3. The summed E-state index contributed by atoms with van der Waals surface area (Å²) in [5.41, 5.74) is 10.9. The van der Waals surface area contributed by atoms with Crippen molar-refractivity contribution < 1.29 is 9.53 Å². The maximum absolute atomic E-state index is 11.1. The number of aromatic amines is 1. The molecule has 138 valence electrons. The minimum Gasteiger partial charge on any atom is -0.493 e. The van der Waals surface area contributed by atoms with Crippen molar-refractivity contribution in [3.05, 3.63) is 65.6 Å². The smallest absolute Gasteiger partial charge is 0.220 e. The number of anilines is 1. The monoisotopic (exact) mass is 371 g/mol. The second-order valence-corrected chi connectivity index (χ2v) is 6.85. The van der Waals surface area contributed by atoms with Gasteiger partial charge in [-0.25, -0.2) is 15.0 Å². The summed E-state index contributed by atoms with van der Waals surface area (Å²) in [4.78, 5) is 27.4. The topological polar surface area (TPSA) is 107 Å². The van der Waals surface area contributed by atoms with Crippen LogP contribution in [-0.2, 0) is 6.42 Å². The van der Waals surface area contributed by atoms with E-state index < -0.39 is 0 Å². The lowest BCUT2D eigenvalue weighted by Crippen LogP contribution is -2.20. The molecule has 4 aromatic rings. The summed E-state index contributed by atoms with van der Waals surface area (Å²) in [5, 5.41) is 0. The first kappa shape index (κ1) is 16.4. The lowest BCUT2D eigenvalue weighted by molar-refractivity contribution is 0.112. The Kier molecular flexibility index (Phi) is 3.79. The molecule has 0 aliphatic carbocycles. The van der Waals surface area contributed by atoms with Gasteiger partial charge in [0.1, 0.15) is 17.9 Å². The zero-order valence-corrected chi connectivity index (χ0v) is 14.9. The Balaban J connectivity index is 1.47. The van der Waals surface area contributed by atoms with Gasteiger partial charge in [0.05, 0.1) is 29.3 Å². The molecule has 28 heavy (non-hydrogen) atoms. The number of aldehydes is 1. The molecule has 1 aliphatic rings. The molecule has 0 radical (unpaired) electrons. The molecule has 7 nitrogen and oxygen atoms in total. The van der Waals surface area contributed by atoms with E-state index in [1.807, 2.05) is 36.4 Å². The number of carbonyl (C=O) groups excluding carboxylic acids is 1. The number of aromatic nitrogens is 4. The summed E-state index contributed by atoms with van der Waals surface area (Å²) in [6.45, 7) is 0.544. The summed E-state index contributed by atoms with van der Waals surface area (Å²) in [6.07, 6.45) is 3.27. The third-order valence-electron chi connectivity index (χ3n) is 4.98. The summed E-state index contributed by atoms with van der Waals surface area (Å²) in [7, 11) is 0. The molecule has 0 amide bonds. The molecule has 0 spiro atoms. The van der Waals surface area contributed by atoms with Crippen LogP contribution in [0.1, 0.15) is 27.7 Å². The fourth-order valence-electron chi connectivity index (χ4n) is 3.58. The molecule has 7 heteroatoms. The largest absolute Gasteiger partial charge is 0.493 e. The molecule has 1 atom stereocenters. The van der Waals surface area contributed by atoms with E-state index in [0.717, 1.165) is 52.1 Å². The Morgan fingerprint density at radius 2 is 2.07 bits per heavy atom. The van der Waals surface area contributed by atoms with Crippen molar-refractivity contribution in [2.75, 3.05) is 12.3 Å². The van der Waals surface area contributed by atoms with Gasteiger partial charge >= 0.3 is 0 Å². The number of fused-ring (bicyclic) bond motifs is 2. The van der Waals surface area contributed by atoms with Crippen LogP contribution in [0, 0.1) is 0 Å². The highest BCUT2D eigenvalue weighted by atomic mass is 16.5. The molecule has 0 fully saturated rings. The summed E-state index contributed by atoms with van der Waals surface area (Å²) < 4.78 is 5.89. The zero-order valence-electron chi connectivity index (χ0n) is 14.9. The number of nitrogens with one attached hydrogen (secondary N) is 1. The third kappa shape index (κ3) is 2.87. The standard InChI is InChI=1S/C21H17N5O2/c22-21-23-6-5-16(26-21)13-2-3-17-18(9-13)25-20(24-17)15-8-14-7-12(10-27)1-4-19(14)28-11-15/h1-7,9-10,15H,8,11H2,(H,24,25)(H2,22,23,26). The number of benzene rings is 2. The van der Waals surface area contributed by atoms with Crippen LogP contribution < -0.4 is 10.5 Å². The Morgan fingerprint density at radius 1 is 1.14 bits per heavy atom. The molecular formula is C21H17N5O2. The van der Waals surface area contributed by atoms with Gasteiger partial charge in [-0.15, -0.1) is 0 Å². The summed E-state index contributed by atoms with van der Waals surface area (Å²) in [5.74, 6) is 2.05. The Morgan fingerprint density at radius 3 is 2.93 bits per heavy atom. The average molecular weight is 371 g/mol. The Labute approximate surface area is 160 Å². The molecule has 2 aromatic heterocycles. The van der Waals surface area contributed by atoms with E-state index in [4.69, 9.17) is 15.5 Å². The van der Waals surface area contributed by atoms with Crippen molar-refractivity contribution in [3.63, 3.8) is 0 Å². The molecule has 0 bridgehead atoms. The number of nitrogen functional groups attached to an aromatic ring is 1. The number of carbonyl (C=O) groups is 1. The summed E-state index contributed by atoms with van der Waals surface area (Å²) >= 11 is 0. The molecule has 1 aliphatic heterocycles. The fourth-order valence-corrected chi connectivity index (χ4v) is 3.58. The molecule has 0 saturated heterocycles. The van der Waals surface area contributed by atoms with E-state index in [1.165, 1.54) is 0 Å². The molecule has 3 heterocycles. The maximum Gasteiger partial charge on any atom is 0.220 e. The van der Waals surface area contributed by atoms with E-state index in [-0.39, 0.29) is 11.9 Å². The molecular weight excluding hydrogens is 354 g/mol. The quantitative estimate of drug-likeness (QED) is 0.536. The van der Waals surface area contributed by atoms with Gasteiger partial charge in [-0.1, -0.05) is 6.07 Å². The average Bonchev–Trinajstić information content (AvgIpc) is 3.16. The van der Waals surface area contributed by atoms with Crippen molar-refractivity contribution in [1.82, 2.24) is 19.9 Å². The maximum atomic E-state index is 11.1. The van der Waals surface area contributed by atoms with Crippen LogP contribution in [-0.4, -0.2) is 32.8 Å². The first-order valence-electron chi connectivity index (χ1n) is 8.99.